The van der Waals surface area contributed by atoms with Gasteiger partial charge < -0.3 is 10.1 Å². The van der Waals surface area contributed by atoms with Crippen LogP contribution in [0.2, 0.25) is 0 Å². The zero-order chi connectivity index (χ0) is 13.7. The average Bonchev–Trinajstić information content (AvgIpc) is 2.15. The molecule has 4 heteroatoms. The highest BCUT2D eigenvalue weighted by atomic mass is 16.5. The molecule has 1 amide bonds. The maximum absolute atomic E-state index is 11.6. The molecule has 0 saturated carbocycles. The van der Waals surface area contributed by atoms with Crippen molar-refractivity contribution in [3.05, 3.63) is 11.8 Å². The summed E-state index contributed by atoms with van der Waals surface area (Å²) in [5.74, 6) is -0.503. The van der Waals surface area contributed by atoms with Crippen molar-refractivity contribution in [3.8, 4) is 0 Å². The Bertz CT molecular complexity index is 311. The third kappa shape index (κ3) is 4.59. The number of esters is 1. The van der Waals surface area contributed by atoms with Crippen LogP contribution in [0.4, 0.5) is 0 Å². The minimum atomic E-state index is -0.503. The molecule has 0 aromatic heterocycles. The van der Waals surface area contributed by atoms with Gasteiger partial charge in [0, 0.05) is 0 Å². The van der Waals surface area contributed by atoms with Crippen LogP contribution in [-0.4, -0.2) is 19.0 Å². The molecule has 0 saturated heterocycles. The SMILES string of the molecule is CCOC(=O)C(=CC(C)(C)C(C)(C)C)NC=O. The Labute approximate surface area is 103 Å². The molecule has 0 aliphatic rings. The van der Waals surface area contributed by atoms with E-state index in [1.165, 1.54) is 0 Å². The highest BCUT2D eigenvalue weighted by Crippen LogP contribution is 2.39. The standard InChI is InChI=1S/C13H23NO3/c1-7-17-11(16)10(14-9-15)8-13(5,6)12(2,3)4/h8-9H,7H2,1-6H3,(H,14,15). The van der Waals surface area contributed by atoms with E-state index in [2.05, 4.69) is 26.1 Å². The Balaban J connectivity index is 5.18. The minimum Gasteiger partial charge on any atom is -0.461 e. The number of carbonyl (C=O) groups is 2. The van der Waals surface area contributed by atoms with Crippen LogP contribution in [0.15, 0.2) is 11.8 Å². The van der Waals surface area contributed by atoms with E-state index in [4.69, 9.17) is 4.74 Å². The molecule has 0 spiro atoms. The first kappa shape index (κ1) is 15.7. The van der Waals surface area contributed by atoms with E-state index in [-0.39, 0.29) is 23.1 Å². The van der Waals surface area contributed by atoms with Crippen LogP contribution >= 0.6 is 0 Å². The van der Waals surface area contributed by atoms with Gasteiger partial charge in [-0.05, 0) is 23.8 Å². The number of hydrogen-bond donors (Lipinski definition) is 1. The summed E-state index contributed by atoms with van der Waals surface area (Å²) in [6.45, 7) is 12.3. The summed E-state index contributed by atoms with van der Waals surface area (Å²) in [5.41, 5.74) is -0.0813. The predicted molar refractivity (Wildman–Crippen MR) is 67.2 cm³/mol. The molecule has 4 nitrogen and oxygen atoms in total. The largest absolute Gasteiger partial charge is 0.461 e. The molecule has 0 atom stereocenters. The molecule has 0 radical (unpaired) electrons. The highest BCUT2D eigenvalue weighted by molar-refractivity contribution is 5.90. The number of carbonyl (C=O) groups excluding carboxylic acids is 2. The van der Waals surface area contributed by atoms with Crippen LogP contribution in [0.25, 0.3) is 0 Å². The van der Waals surface area contributed by atoms with E-state index < -0.39 is 5.97 Å². The van der Waals surface area contributed by atoms with Crippen molar-refractivity contribution in [2.24, 2.45) is 10.8 Å². The lowest BCUT2D eigenvalue weighted by atomic mass is 9.69. The summed E-state index contributed by atoms with van der Waals surface area (Å²) in [7, 11) is 0. The second-order valence-electron chi connectivity index (χ2n) is 5.51. The summed E-state index contributed by atoms with van der Waals surface area (Å²) >= 11 is 0. The zero-order valence-corrected chi connectivity index (χ0v) is 11.6. The molecular weight excluding hydrogens is 218 g/mol. The molecule has 0 fully saturated rings. The molecule has 0 aromatic rings. The van der Waals surface area contributed by atoms with Crippen LogP contribution < -0.4 is 5.32 Å². The minimum absolute atomic E-state index is 0.0324. The Morgan fingerprint density at radius 2 is 1.76 bits per heavy atom. The van der Waals surface area contributed by atoms with Gasteiger partial charge in [0.1, 0.15) is 5.70 Å². The average molecular weight is 241 g/mol. The molecule has 0 aliphatic heterocycles. The van der Waals surface area contributed by atoms with Gasteiger partial charge in [0.2, 0.25) is 6.41 Å². The van der Waals surface area contributed by atoms with E-state index in [0.717, 1.165) is 0 Å². The fraction of sp³-hybridized carbons (Fsp3) is 0.692. The molecular formula is C13H23NO3. The lowest BCUT2D eigenvalue weighted by Gasteiger charge is -2.36. The van der Waals surface area contributed by atoms with Crippen molar-refractivity contribution in [2.75, 3.05) is 6.61 Å². The first-order valence-electron chi connectivity index (χ1n) is 5.76. The molecule has 0 unspecified atom stereocenters. The van der Waals surface area contributed by atoms with Gasteiger partial charge in [0.25, 0.3) is 0 Å². The van der Waals surface area contributed by atoms with Gasteiger partial charge in [-0.3, -0.25) is 4.79 Å². The number of allylic oxidation sites excluding steroid dienone is 1. The molecule has 98 valence electrons. The molecule has 0 heterocycles. The van der Waals surface area contributed by atoms with Crippen molar-refractivity contribution in [3.63, 3.8) is 0 Å². The Morgan fingerprint density at radius 3 is 2.12 bits per heavy atom. The fourth-order valence-electron chi connectivity index (χ4n) is 1.01. The monoisotopic (exact) mass is 241 g/mol. The second-order valence-corrected chi connectivity index (χ2v) is 5.51. The summed E-state index contributed by atoms with van der Waals surface area (Å²) in [6, 6.07) is 0. The number of rotatable bonds is 5. The van der Waals surface area contributed by atoms with Gasteiger partial charge in [-0.2, -0.15) is 0 Å². The third-order valence-corrected chi connectivity index (χ3v) is 3.15. The Hall–Kier alpha value is -1.32. The quantitative estimate of drug-likeness (QED) is 0.456. The Morgan fingerprint density at radius 1 is 1.24 bits per heavy atom. The van der Waals surface area contributed by atoms with Gasteiger partial charge in [-0.15, -0.1) is 0 Å². The molecule has 0 aliphatic carbocycles. The maximum atomic E-state index is 11.6. The van der Waals surface area contributed by atoms with Crippen molar-refractivity contribution in [1.29, 1.82) is 0 Å². The van der Waals surface area contributed by atoms with Crippen LogP contribution in [0.5, 0.6) is 0 Å². The van der Waals surface area contributed by atoms with E-state index >= 15 is 0 Å². The van der Waals surface area contributed by atoms with E-state index in [1.54, 1.807) is 13.0 Å². The molecule has 0 bridgehead atoms. The second kappa shape index (κ2) is 5.84. The smallest absolute Gasteiger partial charge is 0.354 e. The predicted octanol–water partition coefficient (Wildman–Crippen LogP) is 2.25. The lowest BCUT2D eigenvalue weighted by Crippen LogP contribution is -2.31. The molecule has 1 N–H and O–H groups in total. The first-order valence-corrected chi connectivity index (χ1v) is 5.76. The van der Waals surface area contributed by atoms with Crippen molar-refractivity contribution in [1.82, 2.24) is 5.32 Å². The van der Waals surface area contributed by atoms with E-state index in [1.807, 2.05) is 13.8 Å². The summed E-state index contributed by atoms with van der Waals surface area (Å²) in [5, 5.41) is 2.40. The number of hydrogen-bond acceptors (Lipinski definition) is 3. The number of ether oxygens (including phenoxy) is 1. The van der Waals surface area contributed by atoms with Gasteiger partial charge in [-0.25, -0.2) is 4.79 Å². The molecule has 0 aromatic carbocycles. The van der Waals surface area contributed by atoms with Crippen molar-refractivity contribution < 1.29 is 14.3 Å². The van der Waals surface area contributed by atoms with Crippen molar-refractivity contribution in [2.45, 2.75) is 41.5 Å². The van der Waals surface area contributed by atoms with Gasteiger partial charge >= 0.3 is 5.97 Å². The number of amides is 1. The van der Waals surface area contributed by atoms with Gasteiger partial charge in [0.15, 0.2) is 0 Å². The van der Waals surface area contributed by atoms with Crippen LogP contribution in [0.1, 0.15) is 41.5 Å². The maximum Gasteiger partial charge on any atom is 0.354 e. The fourth-order valence-corrected chi connectivity index (χ4v) is 1.01. The summed E-state index contributed by atoms with van der Waals surface area (Å²) < 4.78 is 4.89. The highest BCUT2D eigenvalue weighted by Gasteiger charge is 2.32. The van der Waals surface area contributed by atoms with E-state index in [9.17, 15) is 9.59 Å². The molecule has 17 heavy (non-hydrogen) atoms. The zero-order valence-electron chi connectivity index (χ0n) is 11.6. The van der Waals surface area contributed by atoms with Gasteiger partial charge in [-0.1, -0.05) is 34.6 Å². The van der Waals surface area contributed by atoms with Crippen LogP contribution in [-0.2, 0) is 14.3 Å². The first-order chi connectivity index (χ1) is 7.65. The topological polar surface area (TPSA) is 55.4 Å². The number of nitrogens with one attached hydrogen (secondary N) is 1. The van der Waals surface area contributed by atoms with E-state index in [0.29, 0.717) is 6.41 Å². The molecule has 0 rings (SSSR count). The van der Waals surface area contributed by atoms with Crippen LogP contribution in [0.3, 0.4) is 0 Å². The Kier molecular flexibility index (Phi) is 5.39. The normalized spacial score (nSPS) is 13.2. The lowest BCUT2D eigenvalue weighted by molar-refractivity contribution is -0.139. The van der Waals surface area contributed by atoms with Gasteiger partial charge in [0.05, 0.1) is 6.61 Å². The van der Waals surface area contributed by atoms with Crippen LogP contribution in [0, 0.1) is 10.8 Å². The summed E-state index contributed by atoms with van der Waals surface area (Å²) in [6.07, 6.45) is 2.24. The summed E-state index contributed by atoms with van der Waals surface area (Å²) in [4.78, 5) is 22.1. The third-order valence-electron chi connectivity index (χ3n) is 3.15. The van der Waals surface area contributed by atoms with Crippen molar-refractivity contribution >= 4 is 12.4 Å².